The average Bonchev–Trinajstić information content (AvgIpc) is 2.10. The molecule has 0 saturated carbocycles. The summed E-state index contributed by atoms with van der Waals surface area (Å²) in [5.41, 5.74) is 4.63. The van der Waals surface area contributed by atoms with Crippen molar-refractivity contribution < 1.29 is 20.8 Å². The lowest BCUT2D eigenvalue weighted by molar-refractivity contribution is -0.137. The number of rotatable bonds is 5. The molecule has 0 radical (unpaired) electrons. The van der Waals surface area contributed by atoms with Crippen molar-refractivity contribution in [1.82, 2.24) is 5.32 Å². The number of nitrogens with one attached hydrogen (secondary N) is 1. The van der Waals surface area contributed by atoms with Gasteiger partial charge in [-0.3, -0.25) is 9.59 Å². The minimum Gasteiger partial charge on any atom is -0.394 e. The van der Waals surface area contributed by atoms with Gasteiger partial charge in [-0.15, -0.1) is 0 Å². The molecule has 0 fully saturated rings. The van der Waals surface area contributed by atoms with E-state index in [9.17, 15) is 9.59 Å². The number of hydrogen-bond acceptors (Lipinski definition) is 4. The molecule has 0 spiro atoms. The van der Waals surface area contributed by atoms with Gasteiger partial charge < -0.3 is 20.9 Å². The molecular formula is C6H12N2O4. The number of carbonyl (C=O) groups is 2. The highest BCUT2D eigenvalue weighted by atomic mass is 16.5. The van der Waals surface area contributed by atoms with Gasteiger partial charge in [0.25, 0.3) is 0 Å². The van der Waals surface area contributed by atoms with Crippen molar-refractivity contribution in [3.8, 4) is 0 Å². The van der Waals surface area contributed by atoms with E-state index in [1.54, 1.807) is 0 Å². The predicted molar refractivity (Wildman–Crippen MR) is 40.1 cm³/mol. The third-order valence-electron chi connectivity index (χ3n) is 0.897. The number of carbonyl (C=O) groups excluding carboxylic acids is 2. The van der Waals surface area contributed by atoms with Crippen molar-refractivity contribution in [1.29, 1.82) is 0 Å². The molecule has 1 atom stereocenters. The van der Waals surface area contributed by atoms with E-state index in [4.69, 9.17) is 6.48 Å². The third-order valence-corrected chi connectivity index (χ3v) is 0.897. The van der Waals surface area contributed by atoms with Crippen LogP contribution in [0.15, 0.2) is 0 Å². The van der Waals surface area contributed by atoms with Gasteiger partial charge in [-0.05, 0) is 0 Å². The first-order valence-corrected chi connectivity index (χ1v) is 3.30. The lowest BCUT2D eigenvalue weighted by Crippen LogP contribution is -2.37. The van der Waals surface area contributed by atoms with Gasteiger partial charge in [-0.1, -0.05) is 0 Å². The quantitative estimate of drug-likeness (QED) is 0.407. The second-order valence-electron chi connectivity index (χ2n) is 1.84. The van der Waals surface area contributed by atoms with Gasteiger partial charge in [-0.25, -0.2) is 0 Å². The van der Waals surface area contributed by atoms with Gasteiger partial charge >= 0.3 is 11.8 Å². The van der Waals surface area contributed by atoms with E-state index >= 15 is 0 Å². The van der Waals surface area contributed by atoms with Crippen molar-refractivity contribution in [2.45, 2.75) is 0 Å². The first-order valence-electron chi connectivity index (χ1n) is 3.88. The Morgan fingerprint density at radius 3 is 2.83 bits per heavy atom. The first-order chi connectivity index (χ1) is 6.07. The zero-order chi connectivity index (χ0) is 10.3. The van der Waals surface area contributed by atoms with E-state index in [1.165, 1.54) is 0 Å². The molecule has 2 amide bonds. The number of ether oxygens (including phenoxy) is 1. The molecule has 0 rings (SSSR count). The van der Waals surface area contributed by atoms with Crippen molar-refractivity contribution in [2.24, 2.45) is 5.73 Å². The summed E-state index contributed by atoms with van der Waals surface area (Å²) >= 11 is 0. The number of hydrogen-bond donors (Lipinski definition) is 3. The van der Waals surface area contributed by atoms with Crippen LogP contribution in [-0.2, 0) is 14.3 Å². The van der Waals surface area contributed by atoms with E-state index in [0.717, 1.165) is 0 Å². The Kier molecular flexibility index (Phi) is 4.90. The Balaban J connectivity index is 3.51. The molecule has 12 heavy (non-hydrogen) atoms. The third kappa shape index (κ3) is 5.63. The highest BCUT2D eigenvalue weighted by molar-refractivity contribution is 6.34. The zero-order valence-corrected chi connectivity index (χ0v) is 6.45. The molecule has 0 aliphatic carbocycles. The maximum atomic E-state index is 10.5. The predicted octanol–water partition coefficient (Wildman–Crippen LogP) is -2.40. The van der Waals surface area contributed by atoms with Crippen LogP contribution in [0.1, 0.15) is 1.37 Å². The highest BCUT2D eigenvalue weighted by Gasteiger charge is 2.05. The van der Waals surface area contributed by atoms with Crippen LogP contribution in [0, 0.1) is 0 Å². The summed E-state index contributed by atoms with van der Waals surface area (Å²) in [6, 6.07) is 0. The van der Waals surface area contributed by atoms with Crippen molar-refractivity contribution in [3.05, 3.63) is 0 Å². The van der Waals surface area contributed by atoms with E-state index in [1.807, 2.05) is 0 Å². The molecule has 6 nitrogen and oxygen atoms in total. The minimum absolute atomic E-state index is 0.0145. The van der Waals surface area contributed by atoms with E-state index in [-0.39, 0.29) is 19.8 Å². The molecule has 70 valence electrons. The van der Waals surface area contributed by atoms with Crippen LogP contribution in [0.2, 0.25) is 0 Å². The summed E-state index contributed by atoms with van der Waals surface area (Å²) in [5.74, 6) is -2.06. The van der Waals surface area contributed by atoms with Crippen LogP contribution >= 0.6 is 0 Å². The monoisotopic (exact) mass is 177 g/mol. The minimum atomic E-state index is -1.10. The van der Waals surface area contributed by atoms with Gasteiger partial charge in [-0.2, -0.15) is 0 Å². The SMILES string of the molecule is [2H]C(CNC(=O)C(N)=O)OCCO. The number of amides is 2. The normalized spacial score (nSPS) is 13.2. The van der Waals surface area contributed by atoms with Crippen LogP contribution in [0.4, 0.5) is 0 Å². The lowest BCUT2D eigenvalue weighted by Gasteiger charge is -2.02. The van der Waals surface area contributed by atoms with Crippen LogP contribution in [0.25, 0.3) is 0 Å². The van der Waals surface area contributed by atoms with Crippen molar-refractivity contribution in [3.63, 3.8) is 0 Å². The summed E-state index contributed by atoms with van der Waals surface area (Å²) in [6.45, 7) is -1.32. The molecule has 0 saturated heterocycles. The van der Waals surface area contributed by atoms with E-state index < -0.39 is 18.4 Å². The molecule has 0 aliphatic heterocycles. The van der Waals surface area contributed by atoms with Gasteiger partial charge in [0.05, 0.1) is 21.2 Å². The Morgan fingerprint density at radius 1 is 1.67 bits per heavy atom. The summed E-state index contributed by atoms with van der Waals surface area (Å²) < 4.78 is 11.8. The second-order valence-corrected chi connectivity index (χ2v) is 1.84. The Labute approximate surface area is 71.1 Å². The van der Waals surface area contributed by atoms with Gasteiger partial charge in [0.1, 0.15) is 0 Å². The average molecular weight is 177 g/mol. The number of aliphatic hydroxyl groups excluding tert-OH is 1. The van der Waals surface area contributed by atoms with Crippen molar-refractivity contribution in [2.75, 3.05) is 26.3 Å². The molecular weight excluding hydrogens is 164 g/mol. The second kappa shape index (κ2) is 6.56. The summed E-state index contributed by atoms with van der Waals surface area (Å²) in [6.07, 6.45) is 0. The van der Waals surface area contributed by atoms with Crippen LogP contribution < -0.4 is 11.1 Å². The molecule has 4 N–H and O–H groups in total. The van der Waals surface area contributed by atoms with Gasteiger partial charge in [0, 0.05) is 6.54 Å². The Morgan fingerprint density at radius 2 is 2.33 bits per heavy atom. The summed E-state index contributed by atoms with van der Waals surface area (Å²) in [5, 5.41) is 10.4. The van der Waals surface area contributed by atoms with Crippen LogP contribution in [-0.4, -0.2) is 43.3 Å². The fourth-order valence-electron chi connectivity index (χ4n) is 0.416. The van der Waals surface area contributed by atoms with Crippen LogP contribution in [0.3, 0.4) is 0 Å². The molecule has 0 aromatic heterocycles. The summed E-state index contributed by atoms with van der Waals surface area (Å²) in [7, 11) is 0. The fraction of sp³-hybridized carbons (Fsp3) is 0.667. The maximum absolute atomic E-state index is 10.5. The number of aliphatic hydroxyl groups is 1. The molecule has 0 aromatic carbocycles. The number of nitrogens with two attached hydrogens (primary N) is 1. The van der Waals surface area contributed by atoms with Crippen molar-refractivity contribution >= 4 is 11.8 Å². The topological polar surface area (TPSA) is 102 Å². The Hall–Kier alpha value is -1.14. The van der Waals surface area contributed by atoms with Gasteiger partial charge in [0.2, 0.25) is 0 Å². The molecule has 0 aliphatic rings. The maximum Gasteiger partial charge on any atom is 0.309 e. The van der Waals surface area contributed by atoms with Crippen LogP contribution in [0.5, 0.6) is 0 Å². The molecule has 0 bridgehead atoms. The largest absolute Gasteiger partial charge is 0.394 e. The van der Waals surface area contributed by atoms with E-state index in [2.05, 4.69) is 15.8 Å². The molecule has 0 aromatic rings. The standard InChI is InChI=1S/C6H12N2O4/c7-5(10)6(11)8-1-3-12-4-2-9/h9H,1-4H2,(H2,7,10)(H,8,11)/i3D. The lowest BCUT2D eigenvalue weighted by atomic mass is 10.5. The highest BCUT2D eigenvalue weighted by Crippen LogP contribution is 1.71. The fourth-order valence-corrected chi connectivity index (χ4v) is 0.416. The molecule has 1 unspecified atom stereocenters. The summed E-state index contributed by atoms with van der Waals surface area (Å²) in [4.78, 5) is 20.7. The smallest absolute Gasteiger partial charge is 0.309 e. The Bertz CT molecular complexity index is 187. The number of primary amides is 1. The molecule has 0 heterocycles. The zero-order valence-electron chi connectivity index (χ0n) is 7.45. The van der Waals surface area contributed by atoms with E-state index in [0.29, 0.717) is 0 Å². The first kappa shape index (κ1) is 8.95. The molecule has 6 heteroatoms. The van der Waals surface area contributed by atoms with Gasteiger partial charge in [0.15, 0.2) is 0 Å².